The Hall–Kier alpha value is -6.17. The first-order valence-corrected chi connectivity index (χ1v) is 16.8. The molecule has 0 saturated heterocycles. The molecule has 3 aromatic heterocycles. The number of fused-ring (bicyclic) bond motifs is 8. The first-order chi connectivity index (χ1) is 23.8. The van der Waals surface area contributed by atoms with E-state index in [0.29, 0.717) is 17.5 Å². The lowest BCUT2D eigenvalue weighted by Crippen LogP contribution is -2.00. The molecule has 0 radical (unpaired) electrons. The lowest BCUT2D eigenvalue weighted by Gasteiger charge is -2.09. The highest BCUT2D eigenvalue weighted by Gasteiger charge is 2.19. The van der Waals surface area contributed by atoms with Gasteiger partial charge in [0.05, 0.1) is 0 Å². The maximum Gasteiger partial charge on any atom is 0.164 e. The minimum absolute atomic E-state index is 0.602. The summed E-state index contributed by atoms with van der Waals surface area (Å²) in [6, 6.07) is 52.7. The number of rotatable bonds is 4. The zero-order chi connectivity index (χ0) is 31.6. The number of hydrogen-bond donors (Lipinski definition) is 0. The Balaban J connectivity index is 1.20. The fourth-order valence-electron chi connectivity index (χ4n) is 6.81. The van der Waals surface area contributed by atoms with E-state index in [1.54, 1.807) is 0 Å². The van der Waals surface area contributed by atoms with E-state index < -0.39 is 0 Å². The van der Waals surface area contributed by atoms with Gasteiger partial charge in [-0.25, -0.2) is 15.0 Å². The number of furan rings is 1. The smallest absolute Gasteiger partial charge is 0.164 e. The maximum absolute atomic E-state index is 6.79. The molecule has 224 valence electrons. The quantitative estimate of drug-likeness (QED) is 0.194. The molecule has 10 rings (SSSR count). The average Bonchev–Trinajstić information content (AvgIpc) is 3.73. The van der Waals surface area contributed by atoms with Gasteiger partial charge in [-0.1, -0.05) is 115 Å². The fourth-order valence-corrected chi connectivity index (χ4v) is 7.90. The Labute approximate surface area is 279 Å². The highest BCUT2D eigenvalue weighted by atomic mass is 32.1. The number of thiophene rings is 1. The molecule has 0 saturated carbocycles. The van der Waals surface area contributed by atoms with Crippen molar-refractivity contribution in [1.82, 2.24) is 15.0 Å². The topological polar surface area (TPSA) is 51.8 Å². The van der Waals surface area contributed by atoms with Crippen molar-refractivity contribution in [1.29, 1.82) is 0 Å². The molecule has 0 aliphatic carbocycles. The summed E-state index contributed by atoms with van der Waals surface area (Å²) in [7, 11) is 0. The molecule has 0 aliphatic rings. The van der Waals surface area contributed by atoms with Crippen molar-refractivity contribution < 1.29 is 4.42 Å². The van der Waals surface area contributed by atoms with Gasteiger partial charge in [-0.05, 0) is 52.9 Å². The Morgan fingerprint density at radius 2 is 1.02 bits per heavy atom. The summed E-state index contributed by atoms with van der Waals surface area (Å²) in [5, 5.41) is 6.98. The molecule has 7 aromatic carbocycles. The maximum atomic E-state index is 6.79. The van der Waals surface area contributed by atoms with Gasteiger partial charge in [0.1, 0.15) is 11.2 Å². The van der Waals surface area contributed by atoms with Crippen LogP contribution in [0.1, 0.15) is 0 Å². The molecule has 0 N–H and O–H groups in total. The Kier molecular flexibility index (Phi) is 6.01. The second kappa shape index (κ2) is 10.7. The highest BCUT2D eigenvalue weighted by Crippen LogP contribution is 2.44. The molecule has 4 nitrogen and oxygen atoms in total. The monoisotopic (exact) mass is 631 g/mol. The van der Waals surface area contributed by atoms with Crippen LogP contribution in [0.3, 0.4) is 0 Å². The second-order valence-corrected chi connectivity index (χ2v) is 13.1. The van der Waals surface area contributed by atoms with E-state index >= 15 is 0 Å². The standard InChI is InChI=1S/C43H25N3OS/c1-3-11-26(12-4-1)41-44-42(27-13-5-2-6-14-27)46-43(45-41)30-19-21-33-36(25-30)47-40-31-16-8-7-15-28(31)23-34(39(33)40)29-20-22-38-35(24-29)32-17-9-10-18-37(32)48-38/h1-25H. The molecular weight excluding hydrogens is 607 g/mol. The number of nitrogens with zero attached hydrogens (tertiary/aromatic N) is 3. The van der Waals surface area contributed by atoms with E-state index in [2.05, 4.69) is 91.0 Å². The molecule has 10 aromatic rings. The van der Waals surface area contributed by atoms with Gasteiger partial charge in [0.15, 0.2) is 17.5 Å². The minimum atomic E-state index is 0.602. The molecule has 0 spiro atoms. The molecule has 0 unspecified atom stereocenters. The predicted molar refractivity (Wildman–Crippen MR) is 199 cm³/mol. The summed E-state index contributed by atoms with van der Waals surface area (Å²) in [5.41, 5.74) is 6.76. The van der Waals surface area contributed by atoms with Crippen LogP contribution < -0.4 is 0 Å². The van der Waals surface area contributed by atoms with Crippen LogP contribution in [-0.2, 0) is 0 Å². The third-order valence-corrected chi connectivity index (χ3v) is 10.3. The first kappa shape index (κ1) is 27.0. The van der Waals surface area contributed by atoms with Crippen LogP contribution >= 0.6 is 11.3 Å². The van der Waals surface area contributed by atoms with Gasteiger partial charge in [0.25, 0.3) is 0 Å². The molecule has 0 bridgehead atoms. The summed E-state index contributed by atoms with van der Waals surface area (Å²) in [6.07, 6.45) is 0. The summed E-state index contributed by atoms with van der Waals surface area (Å²) < 4.78 is 9.39. The summed E-state index contributed by atoms with van der Waals surface area (Å²) >= 11 is 1.84. The molecule has 5 heteroatoms. The summed E-state index contributed by atoms with van der Waals surface area (Å²) in [4.78, 5) is 14.8. The van der Waals surface area contributed by atoms with Crippen LogP contribution in [0.15, 0.2) is 156 Å². The zero-order valence-electron chi connectivity index (χ0n) is 25.6. The van der Waals surface area contributed by atoms with Crippen LogP contribution in [0.25, 0.3) is 98.2 Å². The minimum Gasteiger partial charge on any atom is -0.455 e. The van der Waals surface area contributed by atoms with Gasteiger partial charge >= 0.3 is 0 Å². The van der Waals surface area contributed by atoms with Crippen molar-refractivity contribution >= 4 is 64.2 Å². The van der Waals surface area contributed by atoms with Gasteiger partial charge in [-0.2, -0.15) is 0 Å². The normalized spacial score (nSPS) is 11.8. The predicted octanol–water partition coefficient (Wildman–Crippen LogP) is 12.0. The van der Waals surface area contributed by atoms with Crippen LogP contribution in [-0.4, -0.2) is 15.0 Å². The van der Waals surface area contributed by atoms with Crippen LogP contribution in [0, 0.1) is 0 Å². The molecule has 3 heterocycles. The van der Waals surface area contributed by atoms with Crippen LogP contribution in [0.2, 0.25) is 0 Å². The first-order valence-electron chi connectivity index (χ1n) is 15.9. The lowest BCUT2D eigenvalue weighted by molar-refractivity contribution is 0.673. The second-order valence-electron chi connectivity index (χ2n) is 12.0. The van der Waals surface area contributed by atoms with E-state index in [9.17, 15) is 0 Å². The molecule has 0 aliphatic heterocycles. The van der Waals surface area contributed by atoms with Gasteiger partial charge in [0, 0.05) is 53.0 Å². The van der Waals surface area contributed by atoms with Crippen molar-refractivity contribution in [2.45, 2.75) is 0 Å². The summed E-state index contributed by atoms with van der Waals surface area (Å²) in [5.74, 6) is 1.87. The van der Waals surface area contributed by atoms with E-state index in [1.165, 1.54) is 25.7 Å². The fraction of sp³-hybridized carbons (Fsp3) is 0. The van der Waals surface area contributed by atoms with E-state index in [1.807, 2.05) is 72.0 Å². The summed E-state index contributed by atoms with van der Waals surface area (Å²) in [6.45, 7) is 0. The largest absolute Gasteiger partial charge is 0.455 e. The van der Waals surface area contributed by atoms with Crippen LogP contribution in [0.5, 0.6) is 0 Å². The average molecular weight is 632 g/mol. The van der Waals surface area contributed by atoms with Crippen molar-refractivity contribution in [3.63, 3.8) is 0 Å². The molecule has 0 amide bonds. The Morgan fingerprint density at radius 1 is 0.417 bits per heavy atom. The molecular formula is C43H25N3OS. The van der Waals surface area contributed by atoms with Crippen molar-refractivity contribution in [2.75, 3.05) is 0 Å². The third kappa shape index (κ3) is 4.33. The van der Waals surface area contributed by atoms with Gasteiger partial charge in [-0.3, -0.25) is 0 Å². The Morgan fingerprint density at radius 3 is 1.77 bits per heavy atom. The number of benzene rings is 7. The van der Waals surface area contributed by atoms with Gasteiger partial charge < -0.3 is 4.42 Å². The lowest BCUT2D eigenvalue weighted by atomic mass is 9.94. The van der Waals surface area contributed by atoms with E-state index in [-0.39, 0.29) is 0 Å². The molecule has 0 atom stereocenters. The molecule has 0 fully saturated rings. The van der Waals surface area contributed by atoms with Crippen molar-refractivity contribution in [3.05, 3.63) is 152 Å². The SMILES string of the molecule is c1ccc(-c2nc(-c3ccccc3)nc(-c3ccc4c(c3)oc3c5ccccc5cc(-c5ccc6sc7ccccc7c6c5)c43)n2)cc1. The third-order valence-electron chi connectivity index (χ3n) is 9.11. The van der Waals surface area contributed by atoms with E-state index in [0.717, 1.165) is 55.0 Å². The molecule has 48 heavy (non-hydrogen) atoms. The van der Waals surface area contributed by atoms with Gasteiger partial charge in [-0.15, -0.1) is 11.3 Å². The number of aromatic nitrogens is 3. The van der Waals surface area contributed by atoms with E-state index in [4.69, 9.17) is 19.4 Å². The van der Waals surface area contributed by atoms with Crippen molar-refractivity contribution in [3.8, 4) is 45.3 Å². The highest BCUT2D eigenvalue weighted by molar-refractivity contribution is 7.25. The van der Waals surface area contributed by atoms with Gasteiger partial charge in [0.2, 0.25) is 0 Å². The Bertz CT molecular complexity index is 2780. The van der Waals surface area contributed by atoms with Crippen LogP contribution in [0.4, 0.5) is 0 Å². The van der Waals surface area contributed by atoms with Crippen molar-refractivity contribution in [2.24, 2.45) is 0 Å². The number of hydrogen-bond acceptors (Lipinski definition) is 5. The zero-order valence-corrected chi connectivity index (χ0v) is 26.4.